The Morgan fingerprint density at radius 2 is 2.06 bits per heavy atom. The first-order chi connectivity index (χ1) is 8.20. The fourth-order valence-corrected chi connectivity index (χ4v) is 1.38. The molecule has 0 radical (unpaired) electrons. The van der Waals surface area contributed by atoms with Crippen molar-refractivity contribution in [2.24, 2.45) is 0 Å². The normalized spacial score (nSPS) is 9.94. The van der Waals surface area contributed by atoms with E-state index in [1.807, 2.05) is 6.07 Å². The van der Waals surface area contributed by atoms with E-state index in [0.29, 0.717) is 5.75 Å². The lowest BCUT2D eigenvalue weighted by Gasteiger charge is -2.03. The summed E-state index contributed by atoms with van der Waals surface area (Å²) in [5.74, 6) is -0.398. The van der Waals surface area contributed by atoms with Crippen molar-refractivity contribution in [2.45, 2.75) is 0 Å². The number of aromatic carboxylic acids is 1. The molecule has 0 aliphatic carbocycles. The van der Waals surface area contributed by atoms with Crippen molar-refractivity contribution in [1.82, 2.24) is 9.97 Å². The quantitative estimate of drug-likeness (QED) is 0.871. The molecule has 2 aromatic rings. The van der Waals surface area contributed by atoms with Crippen LogP contribution in [0.5, 0.6) is 5.75 Å². The van der Waals surface area contributed by atoms with E-state index >= 15 is 0 Å². The van der Waals surface area contributed by atoms with E-state index in [0.717, 1.165) is 11.1 Å². The Kier molecular flexibility index (Phi) is 3.00. The molecule has 0 spiro atoms. The van der Waals surface area contributed by atoms with Crippen LogP contribution in [0.25, 0.3) is 11.1 Å². The molecule has 0 aliphatic heterocycles. The molecule has 0 atom stereocenters. The van der Waals surface area contributed by atoms with Gasteiger partial charge in [-0.15, -0.1) is 0 Å². The summed E-state index contributed by atoms with van der Waals surface area (Å²) in [5, 5.41) is 8.73. The third-order valence-corrected chi connectivity index (χ3v) is 2.26. The highest BCUT2D eigenvalue weighted by atomic mass is 16.5. The molecule has 0 amide bonds. The first-order valence-electron chi connectivity index (χ1n) is 4.89. The van der Waals surface area contributed by atoms with Gasteiger partial charge < -0.3 is 9.84 Å². The first-order valence-corrected chi connectivity index (χ1v) is 4.89. The molecule has 2 aromatic heterocycles. The molecule has 2 rings (SSSR count). The highest BCUT2D eigenvalue weighted by Gasteiger charge is 2.05. The number of nitrogens with zero attached hydrogens (tertiary/aromatic N) is 2. The minimum absolute atomic E-state index is 0.0182. The molecule has 0 aromatic carbocycles. The van der Waals surface area contributed by atoms with Crippen LogP contribution in [0.1, 0.15) is 10.5 Å². The number of hydrogen-bond acceptors (Lipinski definition) is 4. The van der Waals surface area contributed by atoms with E-state index in [2.05, 4.69) is 9.97 Å². The Bertz CT molecular complexity index is 538. The summed E-state index contributed by atoms with van der Waals surface area (Å²) in [5.41, 5.74) is 1.64. The SMILES string of the molecule is COc1cncc(-c2ccc(C(=O)O)nc2)c1. The third-order valence-electron chi connectivity index (χ3n) is 2.26. The lowest BCUT2D eigenvalue weighted by Crippen LogP contribution is -1.99. The Hall–Kier alpha value is -2.43. The topological polar surface area (TPSA) is 72.3 Å². The third kappa shape index (κ3) is 2.39. The van der Waals surface area contributed by atoms with Gasteiger partial charge in [-0.3, -0.25) is 4.98 Å². The van der Waals surface area contributed by atoms with Crippen molar-refractivity contribution in [3.8, 4) is 16.9 Å². The lowest BCUT2D eigenvalue weighted by atomic mass is 10.1. The molecule has 0 bridgehead atoms. The van der Waals surface area contributed by atoms with Gasteiger partial charge in [0.15, 0.2) is 0 Å². The van der Waals surface area contributed by atoms with Gasteiger partial charge in [-0.1, -0.05) is 6.07 Å². The average molecular weight is 230 g/mol. The average Bonchev–Trinajstić information content (AvgIpc) is 2.39. The number of hydrogen-bond donors (Lipinski definition) is 1. The van der Waals surface area contributed by atoms with Gasteiger partial charge in [0.2, 0.25) is 0 Å². The Morgan fingerprint density at radius 3 is 2.65 bits per heavy atom. The molecule has 0 unspecified atom stereocenters. The molecule has 0 fully saturated rings. The van der Waals surface area contributed by atoms with Crippen LogP contribution in [0.4, 0.5) is 0 Å². The largest absolute Gasteiger partial charge is 0.495 e. The van der Waals surface area contributed by atoms with Gasteiger partial charge in [0.1, 0.15) is 11.4 Å². The molecular formula is C12H10N2O3. The van der Waals surface area contributed by atoms with Crippen molar-refractivity contribution >= 4 is 5.97 Å². The van der Waals surface area contributed by atoms with Crippen molar-refractivity contribution in [2.75, 3.05) is 7.11 Å². The predicted octanol–water partition coefficient (Wildman–Crippen LogP) is 1.85. The number of carboxylic acids is 1. The van der Waals surface area contributed by atoms with Crippen LogP contribution in [0, 0.1) is 0 Å². The minimum atomic E-state index is -1.04. The van der Waals surface area contributed by atoms with Gasteiger partial charge in [-0.2, -0.15) is 0 Å². The summed E-state index contributed by atoms with van der Waals surface area (Å²) in [7, 11) is 1.56. The monoisotopic (exact) mass is 230 g/mol. The van der Waals surface area contributed by atoms with Crippen LogP contribution >= 0.6 is 0 Å². The Morgan fingerprint density at radius 1 is 1.24 bits per heavy atom. The molecule has 1 N–H and O–H groups in total. The van der Waals surface area contributed by atoms with E-state index in [1.165, 1.54) is 12.3 Å². The summed E-state index contributed by atoms with van der Waals surface area (Å²) < 4.78 is 5.06. The van der Waals surface area contributed by atoms with E-state index in [-0.39, 0.29) is 5.69 Å². The number of methoxy groups -OCH3 is 1. The number of rotatable bonds is 3. The van der Waals surface area contributed by atoms with Gasteiger partial charge >= 0.3 is 5.97 Å². The number of aromatic nitrogens is 2. The van der Waals surface area contributed by atoms with Gasteiger partial charge in [0, 0.05) is 23.5 Å². The predicted molar refractivity (Wildman–Crippen MR) is 61.0 cm³/mol. The highest BCUT2D eigenvalue weighted by Crippen LogP contribution is 2.21. The zero-order chi connectivity index (χ0) is 12.3. The van der Waals surface area contributed by atoms with Crippen LogP contribution < -0.4 is 4.74 Å². The van der Waals surface area contributed by atoms with Gasteiger partial charge in [0.25, 0.3) is 0 Å². The Balaban J connectivity index is 2.36. The summed E-state index contributed by atoms with van der Waals surface area (Å²) in [6, 6.07) is 4.95. The number of carboxylic acid groups (broad SMARTS) is 1. The second-order valence-electron chi connectivity index (χ2n) is 3.35. The van der Waals surface area contributed by atoms with Crippen molar-refractivity contribution in [1.29, 1.82) is 0 Å². The second-order valence-corrected chi connectivity index (χ2v) is 3.35. The fraction of sp³-hybridized carbons (Fsp3) is 0.0833. The molecule has 17 heavy (non-hydrogen) atoms. The molecule has 5 heteroatoms. The molecule has 5 nitrogen and oxygen atoms in total. The number of ether oxygens (including phenoxy) is 1. The van der Waals surface area contributed by atoms with Crippen molar-refractivity contribution in [3.05, 3.63) is 42.5 Å². The summed E-state index contributed by atoms with van der Waals surface area (Å²) >= 11 is 0. The van der Waals surface area contributed by atoms with E-state index in [9.17, 15) is 4.79 Å². The van der Waals surface area contributed by atoms with Crippen molar-refractivity contribution in [3.63, 3.8) is 0 Å². The summed E-state index contributed by atoms with van der Waals surface area (Å²) in [6.07, 6.45) is 4.77. The maximum atomic E-state index is 10.7. The summed E-state index contributed by atoms with van der Waals surface area (Å²) in [6.45, 7) is 0. The molecule has 86 valence electrons. The van der Waals surface area contributed by atoms with E-state index in [4.69, 9.17) is 9.84 Å². The van der Waals surface area contributed by atoms with E-state index in [1.54, 1.807) is 25.6 Å². The molecule has 2 heterocycles. The molecule has 0 saturated carbocycles. The smallest absolute Gasteiger partial charge is 0.354 e. The first kappa shape index (κ1) is 11.1. The zero-order valence-corrected chi connectivity index (χ0v) is 9.12. The highest BCUT2D eigenvalue weighted by molar-refractivity contribution is 5.85. The van der Waals surface area contributed by atoms with Crippen LogP contribution in [0.3, 0.4) is 0 Å². The van der Waals surface area contributed by atoms with Crippen LogP contribution in [0.15, 0.2) is 36.8 Å². The maximum absolute atomic E-state index is 10.7. The summed E-state index contributed by atoms with van der Waals surface area (Å²) in [4.78, 5) is 18.5. The standard InChI is InChI=1S/C12H10N2O3/c1-17-10-4-9(5-13-7-10)8-2-3-11(12(15)16)14-6-8/h2-7H,1H3,(H,15,16). The van der Waals surface area contributed by atoms with Crippen LogP contribution in [-0.2, 0) is 0 Å². The van der Waals surface area contributed by atoms with Gasteiger partial charge in [0.05, 0.1) is 13.3 Å². The van der Waals surface area contributed by atoms with Gasteiger partial charge in [-0.05, 0) is 12.1 Å². The molecule has 0 saturated heterocycles. The second kappa shape index (κ2) is 4.61. The van der Waals surface area contributed by atoms with Gasteiger partial charge in [-0.25, -0.2) is 9.78 Å². The lowest BCUT2D eigenvalue weighted by molar-refractivity contribution is 0.0690. The molecule has 0 aliphatic rings. The van der Waals surface area contributed by atoms with Crippen molar-refractivity contribution < 1.29 is 14.6 Å². The van der Waals surface area contributed by atoms with Crippen LogP contribution in [0.2, 0.25) is 0 Å². The fourth-order valence-electron chi connectivity index (χ4n) is 1.38. The van der Waals surface area contributed by atoms with Crippen LogP contribution in [-0.4, -0.2) is 28.2 Å². The maximum Gasteiger partial charge on any atom is 0.354 e. The Labute approximate surface area is 97.7 Å². The van der Waals surface area contributed by atoms with E-state index < -0.39 is 5.97 Å². The number of carbonyl (C=O) groups is 1. The molecular weight excluding hydrogens is 220 g/mol. The number of pyridine rings is 2. The minimum Gasteiger partial charge on any atom is -0.495 e. The zero-order valence-electron chi connectivity index (χ0n) is 9.12.